The molecule has 0 spiro atoms. The molecule has 7 heteroatoms. The van der Waals surface area contributed by atoms with E-state index in [9.17, 15) is 9.90 Å². The minimum absolute atomic E-state index is 0.0805. The van der Waals surface area contributed by atoms with Gasteiger partial charge in [0.2, 0.25) is 0 Å². The summed E-state index contributed by atoms with van der Waals surface area (Å²) in [6.07, 6.45) is 5.24. The standard InChI is InChI=1S/C20H24N4O3/c25-19-21-8-11-24(19)13-12-23-9-6-20(26,7-10-23)15-17-14-18(22-27-17)16-4-2-1-3-5-16/h1-5,8,11,14,26H,6-7,9-10,12-13,15H2,(H,21,25). The second kappa shape index (κ2) is 7.54. The van der Waals surface area contributed by atoms with Gasteiger partial charge in [0.15, 0.2) is 0 Å². The highest BCUT2D eigenvalue weighted by molar-refractivity contribution is 5.58. The Morgan fingerprint density at radius 1 is 1.19 bits per heavy atom. The quantitative estimate of drug-likeness (QED) is 0.694. The van der Waals surface area contributed by atoms with Crippen LogP contribution in [-0.2, 0) is 13.0 Å². The van der Waals surface area contributed by atoms with Crippen LogP contribution < -0.4 is 5.69 Å². The first-order valence-corrected chi connectivity index (χ1v) is 9.31. The summed E-state index contributed by atoms with van der Waals surface area (Å²) in [7, 11) is 0. The van der Waals surface area contributed by atoms with E-state index in [2.05, 4.69) is 15.0 Å². The van der Waals surface area contributed by atoms with Gasteiger partial charge in [0, 0.05) is 56.6 Å². The van der Waals surface area contributed by atoms with Gasteiger partial charge in [0.1, 0.15) is 11.5 Å². The van der Waals surface area contributed by atoms with Crippen LogP contribution in [0.15, 0.2) is 58.1 Å². The maximum atomic E-state index is 11.5. The van der Waals surface area contributed by atoms with E-state index < -0.39 is 5.60 Å². The zero-order chi connectivity index (χ0) is 18.7. The van der Waals surface area contributed by atoms with E-state index in [1.54, 1.807) is 17.0 Å². The lowest BCUT2D eigenvalue weighted by Crippen LogP contribution is -2.46. The van der Waals surface area contributed by atoms with Gasteiger partial charge >= 0.3 is 5.69 Å². The maximum Gasteiger partial charge on any atom is 0.325 e. The van der Waals surface area contributed by atoms with E-state index in [0.29, 0.717) is 31.6 Å². The number of nitrogens with one attached hydrogen (secondary N) is 1. The van der Waals surface area contributed by atoms with Crippen LogP contribution in [0.1, 0.15) is 18.6 Å². The molecule has 3 aromatic rings. The fraction of sp³-hybridized carbons (Fsp3) is 0.400. The third-order valence-corrected chi connectivity index (χ3v) is 5.30. The van der Waals surface area contributed by atoms with Crippen molar-refractivity contribution < 1.29 is 9.63 Å². The summed E-state index contributed by atoms with van der Waals surface area (Å²) in [6, 6.07) is 11.8. The van der Waals surface area contributed by atoms with Gasteiger partial charge in [-0.25, -0.2) is 4.79 Å². The molecule has 0 radical (unpaired) electrons. The Hall–Kier alpha value is -2.64. The van der Waals surface area contributed by atoms with Crippen LogP contribution in [0.4, 0.5) is 0 Å². The molecule has 7 nitrogen and oxygen atoms in total. The van der Waals surface area contributed by atoms with Gasteiger partial charge in [0.25, 0.3) is 0 Å². The lowest BCUT2D eigenvalue weighted by atomic mass is 9.87. The smallest absolute Gasteiger partial charge is 0.325 e. The molecule has 4 rings (SSSR count). The van der Waals surface area contributed by atoms with Gasteiger partial charge in [-0.05, 0) is 12.8 Å². The Kier molecular flexibility index (Phi) is 4.96. The van der Waals surface area contributed by atoms with Crippen LogP contribution in [0.2, 0.25) is 0 Å². The molecule has 0 bridgehead atoms. The number of aromatic nitrogens is 3. The zero-order valence-electron chi connectivity index (χ0n) is 15.2. The molecule has 0 amide bonds. The van der Waals surface area contributed by atoms with Crippen molar-refractivity contribution in [1.82, 2.24) is 19.6 Å². The van der Waals surface area contributed by atoms with Crippen molar-refractivity contribution in [3.8, 4) is 11.3 Å². The summed E-state index contributed by atoms with van der Waals surface area (Å²) in [5.41, 5.74) is 0.954. The van der Waals surface area contributed by atoms with Gasteiger partial charge in [-0.15, -0.1) is 0 Å². The number of H-pyrrole nitrogens is 1. The highest BCUT2D eigenvalue weighted by atomic mass is 16.5. The Morgan fingerprint density at radius 3 is 2.67 bits per heavy atom. The van der Waals surface area contributed by atoms with E-state index in [1.807, 2.05) is 36.4 Å². The predicted molar refractivity (Wildman–Crippen MR) is 101 cm³/mol. The summed E-state index contributed by atoms with van der Waals surface area (Å²) in [4.78, 5) is 16.5. The van der Waals surface area contributed by atoms with Gasteiger partial charge < -0.3 is 19.5 Å². The van der Waals surface area contributed by atoms with E-state index in [0.717, 1.165) is 30.9 Å². The number of aromatic amines is 1. The molecule has 2 aromatic heterocycles. The first-order chi connectivity index (χ1) is 13.1. The van der Waals surface area contributed by atoms with E-state index in [1.165, 1.54) is 0 Å². The van der Waals surface area contributed by atoms with E-state index in [4.69, 9.17) is 4.52 Å². The third-order valence-electron chi connectivity index (χ3n) is 5.30. The van der Waals surface area contributed by atoms with Crippen molar-refractivity contribution >= 4 is 0 Å². The Labute approximate surface area is 157 Å². The number of nitrogens with zero attached hydrogens (tertiary/aromatic N) is 3. The van der Waals surface area contributed by atoms with Gasteiger partial charge in [-0.1, -0.05) is 35.5 Å². The molecule has 0 unspecified atom stereocenters. The summed E-state index contributed by atoms with van der Waals surface area (Å²) in [6.45, 7) is 3.06. The minimum atomic E-state index is -0.769. The summed E-state index contributed by atoms with van der Waals surface area (Å²) in [5, 5.41) is 15.1. The van der Waals surface area contributed by atoms with Crippen LogP contribution in [0, 0.1) is 0 Å². The van der Waals surface area contributed by atoms with Crippen LogP contribution in [0.5, 0.6) is 0 Å². The summed E-state index contributed by atoms with van der Waals surface area (Å²) < 4.78 is 7.13. The second-order valence-electron chi connectivity index (χ2n) is 7.25. The third kappa shape index (κ3) is 4.20. The Morgan fingerprint density at radius 2 is 1.96 bits per heavy atom. The number of aliphatic hydroxyl groups is 1. The predicted octanol–water partition coefficient (Wildman–Crippen LogP) is 1.90. The van der Waals surface area contributed by atoms with Crippen molar-refractivity contribution in [2.75, 3.05) is 19.6 Å². The summed E-state index contributed by atoms with van der Waals surface area (Å²) in [5.74, 6) is 0.712. The maximum absolute atomic E-state index is 11.5. The topological polar surface area (TPSA) is 87.3 Å². The normalized spacial score (nSPS) is 17.2. The minimum Gasteiger partial charge on any atom is -0.389 e. The molecule has 142 valence electrons. The molecular formula is C20H24N4O3. The number of imidazole rings is 1. The number of benzene rings is 1. The van der Waals surface area contributed by atoms with Crippen molar-refractivity contribution in [2.24, 2.45) is 0 Å². The van der Waals surface area contributed by atoms with Crippen molar-refractivity contribution in [1.29, 1.82) is 0 Å². The van der Waals surface area contributed by atoms with Crippen LogP contribution in [0.25, 0.3) is 11.3 Å². The molecule has 1 fully saturated rings. The average molecular weight is 368 g/mol. The fourth-order valence-corrected chi connectivity index (χ4v) is 3.61. The van der Waals surface area contributed by atoms with Crippen LogP contribution >= 0.6 is 0 Å². The fourth-order valence-electron chi connectivity index (χ4n) is 3.61. The molecule has 1 aromatic carbocycles. The van der Waals surface area contributed by atoms with Crippen LogP contribution in [0.3, 0.4) is 0 Å². The molecule has 0 atom stereocenters. The Bertz CT molecular complexity index is 920. The highest BCUT2D eigenvalue weighted by Crippen LogP contribution is 2.28. The van der Waals surface area contributed by atoms with Gasteiger partial charge in [-0.2, -0.15) is 0 Å². The number of likely N-dealkylation sites (tertiary alicyclic amines) is 1. The molecular weight excluding hydrogens is 344 g/mol. The number of hydrogen-bond acceptors (Lipinski definition) is 5. The van der Waals surface area contributed by atoms with E-state index in [-0.39, 0.29) is 5.69 Å². The first kappa shape index (κ1) is 17.8. The van der Waals surface area contributed by atoms with Gasteiger partial charge in [-0.3, -0.25) is 4.57 Å². The molecule has 0 aliphatic carbocycles. The molecule has 2 N–H and O–H groups in total. The van der Waals surface area contributed by atoms with E-state index >= 15 is 0 Å². The molecule has 27 heavy (non-hydrogen) atoms. The number of hydrogen-bond donors (Lipinski definition) is 2. The largest absolute Gasteiger partial charge is 0.389 e. The monoisotopic (exact) mass is 368 g/mol. The first-order valence-electron chi connectivity index (χ1n) is 9.31. The Balaban J connectivity index is 1.31. The van der Waals surface area contributed by atoms with Crippen molar-refractivity contribution in [2.45, 2.75) is 31.4 Å². The summed E-state index contributed by atoms with van der Waals surface area (Å²) >= 11 is 0. The SMILES string of the molecule is O=c1[nH]ccn1CCN1CCC(O)(Cc2cc(-c3ccccc3)no2)CC1. The zero-order valence-corrected chi connectivity index (χ0v) is 15.2. The number of piperidine rings is 1. The molecule has 1 saturated heterocycles. The van der Waals surface area contributed by atoms with Crippen LogP contribution in [-0.4, -0.2) is 49.9 Å². The molecule has 1 aliphatic heterocycles. The number of rotatable bonds is 6. The molecule has 0 saturated carbocycles. The van der Waals surface area contributed by atoms with Crippen molar-refractivity contribution in [3.05, 3.63) is 65.0 Å². The van der Waals surface area contributed by atoms with Crippen molar-refractivity contribution in [3.63, 3.8) is 0 Å². The molecule has 1 aliphatic rings. The lowest BCUT2D eigenvalue weighted by Gasteiger charge is -2.37. The lowest BCUT2D eigenvalue weighted by molar-refractivity contribution is -0.0253. The molecule has 3 heterocycles. The second-order valence-corrected chi connectivity index (χ2v) is 7.25. The van der Waals surface area contributed by atoms with Gasteiger partial charge in [0.05, 0.1) is 5.60 Å². The highest BCUT2D eigenvalue weighted by Gasteiger charge is 2.33. The average Bonchev–Trinajstić information content (AvgIpc) is 3.31.